The van der Waals surface area contributed by atoms with Gasteiger partial charge < -0.3 is 9.80 Å². The fourth-order valence-electron chi connectivity index (χ4n) is 3.81. The van der Waals surface area contributed by atoms with E-state index in [1.165, 1.54) is 0 Å². The molecule has 32 heavy (non-hydrogen) atoms. The molecule has 1 aromatic heterocycles. The van der Waals surface area contributed by atoms with Gasteiger partial charge in [-0.1, -0.05) is 41.9 Å². The summed E-state index contributed by atoms with van der Waals surface area (Å²) in [6, 6.07) is 18.8. The van der Waals surface area contributed by atoms with E-state index in [0.29, 0.717) is 36.8 Å². The average molecular weight is 449 g/mol. The Balaban J connectivity index is 1.33. The summed E-state index contributed by atoms with van der Waals surface area (Å²) < 4.78 is 0. The second kappa shape index (κ2) is 9.92. The smallest absolute Gasteiger partial charge is 0.223 e. The molecule has 2 heterocycles. The molecule has 3 aromatic rings. The first-order chi connectivity index (χ1) is 15.5. The normalized spacial score (nSPS) is 13.8. The molecule has 0 saturated carbocycles. The van der Waals surface area contributed by atoms with E-state index in [0.717, 1.165) is 22.9 Å². The van der Waals surface area contributed by atoms with Crippen molar-refractivity contribution in [1.82, 2.24) is 14.9 Å². The Bertz CT molecular complexity index is 1090. The molecule has 1 saturated heterocycles. The number of halogens is 1. The lowest BCUT2D eigenvalue weighted by Gasteiger charge is -2.35. The zero-order valence-electron chi connectivity index (χ0n) is 18.0. The first kappa shape index (κ1) is 22.0. The SMILES string of the molecule is Cc1nc(-c2ccccc2)cc(N2CCN(C(=O)CCC(=O)c3ccc(Cl)cc3)CC2)n1. The first-order valence-corrected chi connectivity index (χ1v) is 11.1. The number of aryl methyl sites for hydroxylation is 1. The molecule has 1 amide bonds. The summed E-state index contributed by atoms with van der Waals surface area (Å²) in [6.07, 6.45) is 0.415. The summed E-state index contributed by atoms with van der Waals surface area (Å²) in [6.45, 7) is 4.51. The van der Waals surface area contributed by atoms with Crippen LogP contribution in [0.3, 0.4) is 0 Å². The number of ketones is 1. The van der Waals surface area contributed by atoms with Crippen molar-refractivity contribution in [1.29, 1.82) is 0 Å². The van der Waals surface area contributed by atoms with Crippen molar-refractivity contribution in [3.05, 3.63) is 77.1 Å². The van der Waals surface area contributed by atoms with Crippen LogP contribution in [0.15, 0.2) is 60.7 Å². The van der Waals surface area contributed by atoms with Gasteiger partial charge in [-0.05, 0) is 31.2 Å². The molecule has 0 atom stereocenters. The van der Waals surface area contributed by atoms with Crippen LogP contribution in [0, 0.1) is 6.92 Å². The van der Waals surface area contributed by atoms with Gasteiger partial charge >= 0.3 is 0 Å². The third-order valence-electron chi connectivity index (χ3n) is 5.58. The van der Waals surface area contributed by atoms with Gasteiger partial charge in [0.25, 0.3) is 0 Å². The van der Waals surface area contributed by atoms with Crippen molar-refractivity contribution in [3.63, 3.8) is 0 Å². The summed E-state index contributed by atoms with van der Waals surface area (Å²) in [7, 11) is 0. The predicted molar refractivity (Wildman–Crippen MR) is 126 cm³/mol. The fraction of sp³-hybridized carbons (Fsp3) is 0.280. The number of nitrogens with zero attached hydrogens (tertiary/aromatic N) is 4. The van der Waals surface area contributed by atoms with Crippen LogP contribution in [0.4, 0.5) is 5.82 Å². The first-order valence-electron chi connectivity index (χ1n) is 10.7. The number of aromatic nitrogens is 2. The molecule has 164 valence electrons. The summed E-state index contributed by atoms with van der Waals surface area (Å²) in [5.41, 5.74) is 2.53. The molecule has 7 heteroatoms. The fourth-order valence-corrected chi connectivity index (χ4v) is 3.94. The van der Waals surface area contributed by atoms with E-state index in [1.54, 1.807) is 24.3 Å². The van der Waals surface area contributed by atoms with Gasteiger partial charge in [-0.2, -0.15) is 0 Å². The number of piperazine rings is 1. The molecular weight excluding hydrogens is 424 g/mol. The van der Waals surface area contributed by atoms with E-state index >= 15 is 0 Å². The molecule has 1 fully saturated rings. The number of benzene rings is 2. The highest BCUT2D eigenvalue weighted by Crippen LogP contribution is 2.23. The molecular formula is C25H25ClN4O2. The van der Waals surface area contributed by atoms with E-state index in [2.05, 4.69) is 14.9 Å². The maximum absolute atomic E-state index is 12.6. The molecule has 0 radical (unpaired) electrons. The Morgan fingerprint density at radius 3 is 2.28 bits per heavy atom. The van der Waals surface area contributed by atoms with Gasteiger partial charge in [-0.25, -0.2) is 9.97 Å². The molecule has 0 aliphatic carbocycles. The van der Waals surface area contributed by atoms with E-state index in [1.807, 2.05) is 48.2 Å². The lowest BCUT2D eigenvalue weighted by molar-refractivity contribution is -0.131. The lowest BCUT2D eigenvalue weighted by Crippen LogP contribution is -2.49. The van der Waals surface area contributed by atoms with Crippen molar-refractivity contribution in [2.75, 3.05) is 31.1 Å². The number of carbonyl (C=O) groups excluding carboxylic acids is 2. The molecule has 2 aromatic carbocycles. The largest absolute Gasteiger partial charge is 0.353 e. The number of carbonyl (C=O) groups is 2. The number of hydrogen-bond acceptors (Lipinski definition) is 5. The van der Waals surface area contributed by atoms with Crippen molar-refractivity contribution in [3.8, 4) is 11.3 Å². The van der Waals surface area contributed by atoms with Crippen LogP contribution in [0.5, 0.6) is 0 Å². The highest BCUT2D eigenvalue weighted by molar-refractivity contribution is 6.30. The topological polar surface area (TPSA) is 66.4 Å². The molecule has 6 nitrogen and oxygen atoms in total. The quantitative estimate of drug-likeness (QED) is 0.522. The minimum Gasteiger partial charge on any atom is -0.353 e. The summed E-state index contributed by atoms with van der Waals surface area (Å²) >= 11 is 5.87. The second-order valence-electron chi connectivity index (χ2n) is 7.82. The second-order valence-corrected chi connectivity index (χ2v) is 8.26. The van der Waals surface area contributed by atoms with Crippen LogP contribution in [-0.4, -0.2) is 52.7 Å². The molecule has 0 bridgehead atoms. The van der Waals surface area contributed by atoms with E-state index < -0.39 is 0 Å². The minimum absolute atomic E-state index is 0.0100. The van der Waals surface area contributed by atoms with E-state index in [4.69, 9.17) is 11.6 Å². The maximum Gasteiger partial charge on any atom is 0.223 e. The number of rotatable bonds is 6. The van der Waals surface area contributed by atoms with Crippen LogP contribution in [0.1, 0.15) is 29.0 Å². The minimum atomic E-state index is -0.0430. The Morgan fingerprint density at radius 2 is 1.59 bits per heavy atom. The monoisotopic (exact) mass is 448 g/mol. The third kappa shape index (κ3) is 5.32. The molecule has 1 aliphatic heterocycles. The summed E-state index contributed by atoms with van der Waals surface area (Å²) in [5, 5.41) is 0.588. The van der Waals surface area contributed by atoms with Crippen LogP contribution >= 0.6 is 11.6 Å². The number of hydrogen-bond donors (Lipinski definition) is 0. The van der Waals surface area contributed by atoms with Crippen molar-refractivity contribution < 1.29 is 9.59 Å². The van der Waals surface area contributed by atoms with Crippen LogP contribution in [0.2, 0.25) is 5.02 Å². The molecule has 0 unspecified atom stereocenters. The Labute approximate surface area is 192 Å². The Morgan fingerprint density at radius 1 is 0.906 bits per heavy atom. The van der Waals surface area contributed by atoms with E-state index in [-0.39, 0.29) is 24.5 Å². The number of amides is 1. The van der Waals surface area contributed by atoms with Gasteiger partial charge in [0.2, 0.25) is 5.91 Å². The van der Waals surface area contributed by atoms with Gasteiger partial charge in [0, 0.05) is 61.2 Å². The highest BCUT2D eigenvalue weighted by atomic mass is 35.5. The average Bonchev–Trinajstić information content (AvgIpc) is 2.83. The van der Waals surface area contributed by atoms with Gasteiger partial charge in [0.05, 0.1) is 5.69 Å². The van der Waals surface area contributed by atoms with Gasteiger partial charge in [-0.3, -0.25) is 9.59 Å². The van der Waals surface area contributed by atoms with Gasteiger partial charge in [-0.15, -0.1) is 0 Å². The zero-order valence-corrected chi connectivity index (χ0v) is 18.8. The Kier molecular flexibility index (Phi) is 6.81. The predicted octanol–water partition coefficient (Wildman–Crippen LogP) is 4.42. The van der Waals surface area contributed by atoms with Crippen molar-refractivity contribution in [2.45, 2.75) is 19.8 Å². The molecule has 0 N–H and O–H groups in total. The number of anilines is 1. The van der Waals surface area contributed by atoms with Crippen molar-refractivity contribution >= 4 is 29.1 Å². The van der Waals surface area contributed by atoms with Crippen molar-refractivity contribution in [2.24, 2.45) is 0 Å². The molecule has 0 spiro atoms. The highest BCUT2D eigenvalue weighted by Gasteiger charge is 2.23. The third-order valence-corrected chi connectivity index (χ3v) is 5.83. The lowest BCUT2D eigenvalue weighted by atomic mass is 10.1. The summed E-state index contributed by atoms with van der Waals surface area (Å²) in [4.78, 5) is 38.2. The van der Waals surface area contributed by atoms with Crippen LogP contribution in [-0.2, 0) is 4.79 Å². The van der Waals surface area contributed by atoms with Gasteiger partial charge in [0.1, 0.15) is 11.6 Å². The van der Waals surface area contributed by atoms with Gasteiger partial charge in [0.15, 0.2) is 5.78 Å². The molecule has 4 rings (SSSR count). The maximum atomic E-state index is 12.6. The standard InChI is InChI=1S/C25H25ClN4O2/c1-18-27-22(19-5-3-2-4-6-19)17-24(28-18)29-13-15-30(16-14-29)25(32)12-11-23(31)20-7-9-21(26)10-8-20/h2-10,17H,11-16H2,1H3. The molecule has 1 aliphatic rings. The van der Waals surface area contributed by atoms with Crippen LogP contribution in [0.25, 0.3) is 11.3 Å². The summed E-state index contributed by atoms with van der Waals surface area (Å²) in [5.74, 6) is 1.57. The van der Waals surface area contributed by atoms with Crippen LogP contribution < -0.4 is 4.90 Å². The Hall–Kier alpha value is -3.25. The number of Topliss-reactive ketones (excluding diaryl/α,β-unsaturated/α-hetero) is 1. The zero-order chi connectivity index (χ0) is 22.5. The van der Waals surface area contributed by atoms with E-state index in [9.17, 15) is 9.59 Å².